The lowest BCUT2D eigenvalue weighted by molar-refractivity contribution is -0.137. The fourth-order valence-electron chi connectivity index (χ4n) is 2.74. The van der Waals surface area contributed by atoms with E-state index in [1.807, 2.05) is 12.1 Å². The molecule has 0 atom stereocenters. The van der Waals surface area contributed by atoms with Gasteiger partial charge in [0.2, 0.25) is 0 Å². The van der Waals surface area contributed by atoms with Crippen molar-refractivity contribution in [3.8, 4) is 0 Å². The number of aryl methyl sites for hydroxylation is 1. The number of hydrogen-bond donors (Lipinski definition) is 1. The van der Waals surface area contributed by atoms with Crippen LogP contribution in [0.5, 0.6) is 0 Å². The molecule has 3 rings (SSSR count). The van der Waals surface area contributed by atoms with Crippen molar-refractivity contribution in [1.82, 2.24) is 4.57 Å². The third-order valence-corrected chi connectivity index (χ3v) is 3.96. The van der Waals surface area contributed by atoms with E-state index in [0.29, 0.717) is 5.39 Å². The molecule has 0 saturated carbocycles. The Kier molecular flexibility index (Phi) is 4.89. The van der Waals surface area contributed by atoms with Crippen molar-refractivity contribution in [1.29, 1.82) is 0 Å². The minimum atomic E-state index is -4.61. The summed E-state index contributed by atoms with van der Waals surface area (Å²) < 4.78 is 45.5. The second-order valence-electron chi connectivity index (χ2n) is 5.84. The van der Waals surface area contributed by atoms with Gasteiger partial charge in [0.15, 0.2) is 6.61 Å². The second kappa shape index (κ2) is 7.14. The first kappa shape index (κ1) is 18.5. The first-order valence-corrected chi connectivity index (χ1v) is 7.94. The van der Waals surface area contributed by atoms with Crippen molar-refractivity contribution < 1.29 is 27.5 Å². The number of amides is 1. The zero-order valence-corrected chi connectivity index (χ0v) is 14.2. The fraction of sp³-hybridized carbons (Fsp3) is 0.158. The molecule has 1 aromatic heterocycles. The maximum atomic E-state index is 12.9. The zero-order chi connectivity index (χ0) is 19.6. The molecule has 0 saturated heterocycles. The van der Waals surface area contributed by atoms with E-state index in [0.717, 1.165) is 17.6 Å². The first-order chi connectivity index (χ1) is 12.8. The van der Waals surface area contributed by atoms with E-state index in [1.54, 1.807) is 29.9 Å². The van der Waals surface area contributed by atoms with Gasteiger partial charge in [-0.05, 0) is 18.2 Å². The Morgan fingerprint density at radius 3 is 2.48 bits per heavy atom. The van der Waals surface area contributed by atoms with Gasteiger partial charge in [0, 0.05) is 24.1 Å². The molecule has 1 heterocycles. The molecule has 0 aliphatic rings. The van der Waals surface area contributed by atoms with E-state index >= 15 is 0 Å². The van der Waals surface area contributed by atoms with Gasteiger partial charge in [-0.15, -0.1) is 0 Å². The smallest absolute Gasteiger partial charge is 0.418 e. The van der Waals surface area contributed by atoms with Crippen molar-refractivity contribution in [2.24, 2.45) is 7.05 Å². The third-order valence-electron chi connectivity index (χ3n) is 3.96. The summed E-state index contributed by atoms with van der Waals surface area (Å²) >= 11 is 0. The van der Waals surface area contributed by atoms with Crippen LogP contribution in [0, 0.1) is 0 Å². The number of fused-ring (bicyclic) bond motifs is 1. The summed E-state index contributed by atoms with van der Waals surface area (Å²) in [7, 11) is 1.76. The Morgan fingerprint density at radius 1 is 1.07 bits per heavy atom. The van der Waals surface area contributed by atoms with Crippen molar-refractivity contribution in [3.63, 3.8) is 0 Å². The Hall–Kier alpha value is -3.29. The van der Waals surface area contributed by atoms with Crippen molar-refractivity contribution >= 4 is 28.5 Å². The molecule has 27 heavy (non-hydrogen) atoms. The van der Waals surface area contributed by atoms with Crippen molar-refractivity contribution in [3.05, 3.63) is 65.9 Å². The van der Waals surface area contributed by atoms with Crippen LogP contribution >= 0.6 is 0 Å². The first-order valence-electron chi connectivity index (χ1n) is 7.94. The largest absolute Gasteiger partial charge is 0.452 e. The van der Waals surface area contributed by atoms with Crippen LogP contribution in [0.15, 0.2) is 54.7 Å². The number of carbonyl (C=O) groups is 2. The second-order valence-corrected chi connectivity index (χ2v) is 5.84. The van der Waals surface area contributed by atoms with Gasteiger partial charge in [-0.25, -0.2) is 4.79 Å². The quantitative estimate of drug-likeness (QED) is 0.701. The number of nitrogens with zero attached hydrogens (tertiary/aromatic N) is 1. The highest BCUT2D eigenvalue weighted by Crippen LogP contribution is 2.34. The number of rotatable bonds is 4. The van der Waals surface area contributed by atoms with Crippen LogP contribution in [0.1, 0.15) is 15.9 Å². The van der Waals surface area contributed by atoms with E-state index in [4.69, 9.17) is 4.74 Å². The van der Waals surface area contributed by atoms with Gasteiger partial charge >= 0.3 is 12.1 Å². The predicted molar refractivity (Wildman–Crippen MR) is 93.3 cm³/mol. The molecule has 0 unspecified atom stereocenters. The summed E-state index contributed by atoms with van der Waals surface area (Å²) in [5, 5.41) is 2.78. The summed E-state index contributed by atoms with van der Waals surface area (Å²) in [6.45, 7) is -0.700. The van der Waals surface area contributed by atoms with Gasteiger partial charge in [-0.2, -0.15) is 13.2 Å². The summed E-state index contributed by atoms with van der Waals surface area (Å²) in [6, 6.07) is 11.7. The van der Waals surface area contributed by atoms with Crippen LogP contribution in [-0.4, -0.2) is 23.1 Å². The third kappa shape index (κ3) is 3.94. The Balaban J connectivity index is 1.69. The lowest BCUT2D eigenvalue weighted by atomic mass is 10.1. The molecule has 1 N–H and O–H groups in total. The van der Waals surface area contributed by atoms with Crippen molar-refractivity contribution in [2.75, 3.05) is 11.9 Å². The normalized spacial score (nSPS) is 11.4. The highest BCUT2D eigenvalue weighted by atomic mass is 19.4. The van der Waals surface area contributed by atoms with E-state index < -0.39 is 35.9 Å². The van der Waals surface area contributed by atoms with Gasteiger partial charge in [-0.1, -0.05) is 30.3 Å². The topological polar surface area (TPSA) is 60.3 Å². The maximum Gasteiger partial charge on any atom is 0.418 e. The summed E-state index contributed by atoms with van der Waals surface area (Å²) in [6.07, 6.45) is -3.03. The molecule has 0 aliphatic carbocycles. The highest BCUT2D eigenvalue weighted by Gasteiger charge is 2.33. The molecule has 3 aromatic rings. The SMILES string of the molecule is Cn1cc(C(=O)OCC(=O)Nc2ccccc2C(F)(F)F)c2ccccc21. The molecule has 0 bridgehead atoms. The number of aromatic nitrogens is 1. The standard InChI is InChI=1S/C19H15F3N2O3/c1-24-10-13(12-6-2-5-9-16(12)24)18(26)27-11-17(25)23-15-8-4-3-7-14(15)19(20,21)22/h2-10H,11H2,1H3,(H,23,25). The van der Waals surface area contributed by atoms with Gasteiger partial charge in [0.25, 0.3) is 5.91 Å². The molecule has 5 nitrogen and oxygen atoms in total. The van der Waals surface area contributed by atoms with E-state index in [-0.39, 0.29) is 5.56 Å². The molecule has 1 amide bonds. The number of para-hydroxylation sites is 2. The predicted octanol–water partition coefficient (Wildman–Crippen LogP) is 3.99. The molecule has 8 heteroatoms. The van der Waals surface area contributed by atoms with E-state index in [1.165, 1.54) is 12.1 Å². The van der Waals surface area contributed by atoms with Crippen LogP contribution in [0.2, 0.25) is 0 Å². The number of alkyl halides is 3. The molecule has 140 valence electrons. The fourth-order valence-corrected chi connectivity index (χ4v) is 2.74. The molecule has 0 radical (unpaired) electrons. The number of benzene rings is 2. The Labute approximate surface area is 152 Å². The molecule has 2 aromatic carbocycles. The van der Waals surface area contributed by atoms with Crippen LogP contribution in [0.25, 0.3) is 10.9 Å². The number of carbonyl (C=O) groups excluding carboxylic acids is 2. The lowest BCUT2D eigenvalue weighted by Crippen LogP contribution is -2.22. The minimum Gasteiger partial charge on any atom is -0.452 e. The monoisotopic (exact) mass is 376 g/mol. The van der Waals surface area contributed by atoms with Gasteiger partial charge in [-0.3, -0.25) is 4.79 Å². The van der Waals surface area contributed by atoms with Crippen LogP contribution in [-0.2, 0) is 22.8 Å². The number of ether oxygens (including phenoxy) is 1. The van der Waals surface area contributed by atoms with Gasteiger partial charge in [0.05, 0.1) is 16.8 Å². The zero-order valence-electron chi connectivity index (χ0n) is 14.2. The minimum absolute atomic E-state index is 0.275. The van der Waals surface area contributed by atoms with Crippen LogP contribution < -0.4 is 5.32 Å². The van der Waals surface area contributed by atoms with Crippen LogP contribution in [0.3, 0.4) is 0 Å². The maximum absolute atomic E-state index is 12.9. The molecular weight excluding hydrogens is 361 g/mol. The molecule has 0 aliphatic heterocycles. The van der Waals surface area contributed by atoms with Crippen LogP contribution in [0.4, 0.5) is 18.9 Å². The molecular formula is C19H15F3N2O3. The number of anilines is 1. The molecule has 0 spiro atoms. The number of halogens is 3. The lowest BCUT2D eigenvalue weighted by Gasteiger charge is -2.13. The average molecular weight is 376 g/mol. The average Bonchev–Trinajstić information content (AvgIpc) is 2.97. The summed E-state index contributed by atoms with van der Waals surface area (Å²) in [5.41, 5.74) is -0.278. The summed E-state index contributed by atoms with van der Waals surface area (Å²) in [4.78, 5) is 24.2. The molecule has 0 fully saturated rings. The van der Waals surface area contributed by atoms with E-state index in [2.05, 4.69) is 5.32 Å². The van der Waals surface area contributed by atoms with E-state index in [9.17, 15) is 22.8 Å². The number of nitrogens with one attached hydrogen (secondary N) is 1. The van der Waals surface area contributed by atoms with Gasteiger partial charge in [0.1, 0.15) is 0 Å². The van der Waals surface area contributed by atoms with Gasteiger partial charge < -0.3 is 14.6 Å². The number of hydrogen-bond acceptors (Lipinski definition) is 3. The summed E-state index contributed by atoms with van der Waals surface area (Å²) in [5.74, 6) is -1.59. The Morgan fingerprint density at radius 2 is 1.74 bits per heavy atom. The highest BCUT2D eigenvalue weighted by molar-refractivity contribution is 6.05. The Bertz CT molecular complexity index is 1010. The number of esters is 1. The van der Waals surface area contributed by atoms with Crippen molar-refractivity contribution in [2.45, 2.75) is 6.18 Å².